The van der Waals surface area contributed by atoms with Crippen molar-refractivity contribution in [3.05, 3.63) is 47.3 Å². The molecular formula is C14H13F3N4. The molecule has 0 saturated carbocycles. The van der Waals surface area contributed by atoms with E-state index in [4.69, 9.17) is 5.26 Å². The predicted octanol–water partition coefficient (Wildman–Crippen LogP) is 2.97. The van der Waals surface area contributed by atoms with Gasteiger partial charge in [0.2, 0.25) is 0 Å². The number of halogens is 3. The molecular weight excluding hydrogens is 281 g/mol. The van der Waals surface area contributed by atoms with E-state index in [0.717, 1.165) is 11.8 Å². The molecule has 4 nitrogen and oxygen atoms in total. The molecule has 1 N–H and O–H groups in total. The van der Waals surface area contributed by atoms with Crippen LogP contribution in [0, 0.1) is 11.3 Å². The number of hydrogen-bond donors (Lipinski definition) is 1. The molecule has 0 radical (unpaired) electrons. The molecule has 0 aliphatic rings. The minimum Gasteiger partial charge on any atom is -0.385 e. The summed E-state index contributed by atoms with van der Waals surface area (Å²) in [6, 6.07) is 6.90. The minimum absolute atomic E-state index is 0.384. The summed E-state index contributed by atoms with van der Waals surface area (Å²) >= 11 is 0. The normalized spacial score (nSPS) is 11.2. The molecule has 110 valence electrons. The van der Waals surface area contributed by atoms with Gasteiger partial charge in [-0.3, -0.25) is 4.68 Å². The van der Waals surface area contributed by atoms with Crippen molar-refractivity contribution in [1.29, 1.82) is 5.26 Å². The van der Waals surface area contributed by atoms with E-state index in [0.29, 0.717) is 18.7 Å². The highest BCUT2D eigenvalue weighted by atomic mass is 19.4. The van der Waals surface area contributed by atoms with Gasteiger partial charge in [-0.05, 0) is 24.3 Å². The van der Waals surface area contributed by atoms with Crippen LogP contribution in [0.25, 0.3) is 0 Å². The Morgan fingerprint density at radius 3 is 2.67 bits per heavy atom. The summed E-state index contributed by atoms with van der Waals surface area (Å²) < 4.78 is 39.7. The molecule has 21 heavy (non-hydrogen) atoms. The van der Waals surface area contributed by atoms with Crippen molar-refractivity contribution in [2.75, 3.05) is 11.9 Å². The Morgan fingerprint density at radius 2 is 2.10 bits per heavy atom. The fraction of sp³-hybridized carbons (Fsp3) is 0.286. The fourth-order valence-electron chi connectivity index (χ4n) is 1.93. The zero-order chi connectivity index (χ0) is 15.5. The Bertz CT molecular complexity index is 668. The van der Waals surface area contributed by atoms with Crippen LogP contribution in [0.5, 0.6) is 0 Å². The van der Waals surface area contributed by atoms with E-state index in [9.17, 15) is 13.2 Å². The highest BCUT2D eigenvalue weighted by Crippen LogP contribution is 2.32. The fourth-order valence-corrected chi connectivity index (χ4v) is 1.93. The van der Waals surface area contributed by atoms with Crippen molar-refractivity contribution in [2.45, 2.75) is 12.6 Å². The smallest absolute Gasteiger partial charge is 0.385 e. The molecule has 1 aromatic carbocycles. The van der Waals surface area contributed by atoms with Gasteiger partial charge in [-0.1, -0.05) is 0 Å². The summed E-state index contributed by atoms with van der Waals surface area (Å²) in [5.41, 5.74) is 0.0681. The van der Waals surface area contributed by atoms with Gasteiger partial charge < -0.3 is 5.32 Å². The number of anilines is 1. The molecule has 1 aromatic heterocycles. The van der Waals surface area contributed by atoms with Gasteiger partial charge in [0, 0.05) is 31.9 Å². The Balaban J connectivity index is 2.03. The van der Waals surface area contributed by atoms with E-state index in [-0.39, 0.29) is 5.56 Å². The third-order valence-corrected chi connectivity index (χ3v) is 2.92. The molecule has 2 rings (SSSR count). The van der Waals surface area contributed by atoms with Crippen LogP contribution in [0.1, 0.15) is 16.8 Å². The molecule has 0 aliphatic heterocycles. The summed E-state index contributed by atoms with van der Waals surface area (Å²) in [4.78, 5) is 0. The third kappa shape index (κ3) is 3.75. The highest BCUT2D eigenvalue weighted by molar-refractivity contribution is 5.53. The van der Waals surface area contributed by atoms with E-state index in [1.165, 1.54) is 12.1 Å². The standard InChI is InChI=1S/C14H13F3N4/c1-21-7-5-11(20-21)4-6-19-12-2-3-13(14(15,16)17)10(8-12)9-18/h2-3,5,7-8,19H,4,6H2,1H3. The lowest BCUT2D eigenvalue weighted by atomic mass is 10.1. The second-order valence-electron chi connectivity index (χ2n) is 4.53. The maximum Gasteiger partial charge on any atom is 0.417 e. The number of benzene rings is 1. The maximum atomic E-state index is 12.7. The Kier molecular flexibility index (Phi) is 4.17. The number of nitrogens with zero attached hydrogens (tertiary/aromatic N) is 3. The number of rotatable bonds is 4. The molecule has 2 aromatic rings. The molecule has 0 bridgehead atoms. The van der Waals surface area contributed by atoms with Crippen LogP contribution in [0.3, 0.4) is 0 Å². The molecule has 0 aliphatic carbocycles. The van der Waals surface area contributed by atoms with Crippen molar-refractivity contribution in [3.8, 4) is 6.07 Å². The number of aromatic nitrogens is 2. The molecule has 0 saturated heterocycles. The first-order valence-electron chi connectivity index (χ1n) is 6.24. The maximum absolute atomic E-state index is 12.7. The summed E-state index contributed by atoms with van der Waals surface area (Å²) in [5, 5.41) is 16.0. The van der Waals surface area contributed by atoms with Crippen molar-refractivity contribution in [2.24, 2.45) is 7.05 Å². The van der Waals surface area contributed by atoms with Gasteiger partial charge in [0.1, 0.15) is 0 Å². The van der Waals surface area contributed by atoms with Crippen molar-refractivity contribution >= 4 is 5.69 Å². The van der Waals surface area contributed by atoms with E-state index < -0.39 is 11.7 Å². The zero-order valence-electron chi connectivity index (χ0n) is 11.3. The van der Waals surface area contributed by atoms with Gasteiger partial charge in [-0.25, -0.2) is 0 Å². The zero-order valence-corrected chi connectivity index (χ0v) is 11.3. The molecule has 0 amide bonds. The van der Waals surface area contributed by atoms with Crippen LogP contribution in [0.15, 0.2) is 30.5 Å². The lowest BCUT2D eigenvalue weighted by molar-refractivity contribution is -0.137. The number of hydrogen-bond acceptors (Lipinski definition) is 3. The molecule has 0 fully saturated rings. The van der Waals surface area contributed by atoms with Gasteiger partial charge in [0.25, 0.3) is 0 Å². The van der Waals surface area contributed by atoms with Crippen LogP contribution in [-0.2, 0) is 19.6 Å². The Hall–Kier alpha value is -2.49. The molecule has 0 atom stereocenters. The molecule has 0 spiro atoms. The van der Waals surface area contributed by atoms with E-state index >= 15 is 0 Å². The highest BCUT2D eigenvalue weighted by Gasteiger charge is 2.33. The van der Waals surface area contributed by atoms with E-state index in [1.807, 2.05) is 19.3 Å². The number of aryl methyl sites for hydroxylation is 1. The predicted molar refractivity (Wildman–Crippen MR) is 71.6 cm³/mol. The Morgan fingerprint density at radius 1 is 1.33 bits per heavy atom. The van der Waals surface area contributed by atoms with Gasteiger partial charge in [-0.15, -0.1) is 0 Å². The van der Waals surface area contributed by atoms with Crippen molar-refractivity contribution in [3.63, 3.8) is 0 Å². The van der Waals surface area contributed by atoms with Crippen LogP contribution in [0.2, 0.25) is 0 Å². The topological polar surface area (TPSA) is 53.6 Å². The van der Waals surface area contributed by atoms with Crippen LogP contribution in [0.4, 0.5) is 18.9 Å². The minimum atomic E-state index is -4.52. The Labute approximate surface area is 119 Å². The lowest BCUT2D eigenvalue weighted by Gasteiger charge is -2.11. The second kappa shape index (κ2) is 5.87. The number of alkyl halides is 3. The van der Waals surface area contributed by atoms with Gasteiger partial charge in [0.15, 0.2) is 0 Å². The van der Waals surface area contributed by atoms with Crippen LogP contribution >= 0.6 is 0 Å². The summed E-state index contributed by atoms with van der Waals surface area (Å²) in [6.45, 7) is 0.521. The SMILES string of the molecule is Cn1ccc(CCNc2ccc(C(F)(F)F)c(C#N)c2)n1. The summed E-state index contributed by atoms with van der Waals surface area (Å²) in [7, 11) is 1.81. The first kappa shape index (κ1) is 14.9. The van der Waals surface area contributed by atoms with Crippen LogP contribution < -0.4 is 5.32 Å². The summed E-state index contributed by atoms with van der Waals surface area (Å²) in [5.74, 6) is 0. The molecule has 0 unspecified atom stereocenters. The van der Waals surface area contributed by atoms with Crippen molar-refractivity contribution in [1.82, 2.24) is 9.78 Å². The van der Waals surface area contributed by atoms with E-state index in [2.05, 4.69) is 10.4 Å². The molecule has 1 heterocycles. The van der Waals surface area contributed by atoms with Gasteiger partial charge >= 0.3 is 6.18 Å². The quantitative estimate of drug-likeness (QED) is 0.943. The first-order valence-corrected chi connectivity index (χ1v) is 6.24. The van der Waals surface area contributed by atoms with Crippen molar-refractivity contribution < 1.29 is 13.2 Å². The average molecular weight is 294 g/mol. The largest absolute Gasteiger partial charge is 0.417 e. The third-order valence-electron chi connectivity index (χ3n) is 2.92. The number of nitriles is 1. The average Bonchev–Trinajstić information content (AvgIpc) is 2.83. The number of nitrogens with one attached hydrogen (secondary N) is 1. The molecule has 7 heteroatoms. The first-order chi connectivity index (χ1) is 9.90. The van der Waals surface area contributed by atoms with E-state index in [1.54, 1.807) is 10.8 Å². The van der Waals surface area contributed by atoms with Crippen LogP contribution in [-0.4, -0.2) is 16.3 Å². The van der Waals surface area contributed by atoms with Gasteiger partial charge in [-0.2, -0.15) is 23.5 Å². The lowest BCUT2D eigenvalue weighted by Crippen LogP contribution is -2.10. The summed E-state index contributed by atoms with van der Waals surface area (Å²) in [6.07, 6.45) is -2.05. The second-order valence-corrected chi connectivity index (χ2v) is 4.53. The monoisotopic (exact) mass is 294 g/mol. The van der Waals surface area contributed by atoms with Gasteiger partial charge in [0.05, 0.1) is 22.9 Å².